The summed E-state index contributed by atoms with van der Waals surface area (Å²) in [7, 11) is 1.91. The molecule has 0 atom stereocenters. The molecular formula is C14H16N6O. The smallest absolute Gasteiger partial charge is 0.213 e. The highest BCUT2D eigenvalue weighted by Crippen LogP contribution is 2.17. The molecule has 0 spiro atoms. The topological polar surface area (TPSA) is 77.8 Å². The van der Waals surface area contributed by atoms with Gasteiger partial charge in [0.05, 0.1) is 12.9 Å². The van der Waals surface area contributed by atoms with E-state index in [0.29, 0.717) is 19.0 Å². The molecule has 108 valence electrons. The van der Waals surface area contributed by atoms with E-state index in [0.717, 1.165) is 22.5 Å². The summed E-state index contributed by atoms with van der Waals surface area (Å²) in [4.78, 5) is 17.0. The number of nitrogens with one attached hydrogen (secondary N) is 1. The zero-order chi connectivity index (χ0) is 14.7. The minimum Gasteiger partial charge on any atom is -0.478 e. The van der Waals surface area contributed by atoms with Crippen molar-refractivity contribution in [1.29, 1.82) is 0 Å². The molecule has 3 heterocycles. The van der Waals surface area contributed by atoms with Gasteiger partial charge in [-0.25, -0.2) is 19.9 Å². The van der Waals surface area contributed by atoms with Gasteiger partial charge in [0.15, 0.2) is 11.5 Å². The van der Waals surface area contributed by atoms with Crippen molar-refractivity contribution < 1.29 is 4.74 Å². The molecule has 21 heavy (non-hydrogen) atoms. The predicted molar refractivity (Wildman–Crippen MR) is 79.0 cm³/mol. The van der Waals surface area contributed by atoms with E-state index in [1.165, 1.54) is 6.33 Å². The molecule has 0 radical (unpaired) electrons. The second-order valence-electron chi connectivity index (χ2n) is 4.54. The Balaban J connectivity index is 1.74. The van der Waals surface area contributed by atoms with Gasteiger partial charge in [-0.15, -0.1) is 0 Å². The molecule has 0 saturated carbocycles. The van der Waals surface area contributed by atoms with Crippen LogP contribution in [0.25, 0.3) is 11.2 Å². The molecule has 3 aromatic rings. The lowest BCUT2D eigenvalue weighted by molar-refractivity contribution is 0.326. The fourth-order valence-corrected chi connectivity index (χ4v) is 2.01. The summed E-state index contributed by atoms with van der Waals surface area (Å²) < 4.78 is 7.18. The number of fused-ring (bicyclic) bond motifs is 1. The molecule has 3 rings (SSSR count). The fraction of sp³-hybridized carbons (Fsp3) is 0.286. The molecular weight excluding hydrogens is 268 g/mol. The highest BCUT2D eigenvalue weighted by molar-refractivity contribution is 5.82. The first-order chi connectivity index (χ1) is 10.3. The van der Waals surface area contributed by atoms with E-state index >= 15 is 0 Å². The first-order valence-corrected chi connectivity index (χ1v) is 6.71. The monoisotopic (exact) mass is 284 g/mol. The summed E-state index contributed by atoms with van der Waals surface area (Å²) in [6.07, 6.45) is 5.04. The Morgan fingerprint density at radius 3 is 2.86 bits per heavy atom. The van der Waals surface area contributed by atoms with Gasteiger partial charge in [0, 0.05) is 25.9 Å². The number of hydrogen-bond acceptors (Lipinski definition) is 6. The van der Waals surface area contributed by atoms with Gasteiger partial charge in [-0.1, -0.05) is 6.07 Å². The second-order valence-corrected chi connectivity index (χ2v) is 4.54. The lowest BCUT2D eigenvalue weighted by atomic mass is 10.3. The van der Waals surface area contributed by atoms with E-state index in [9.17, 15) is 0 Å². The average molecular weight is 284 g/mol. The van der Waals surface area contributed by atoms with Crippen molar-refractivity contribution in [2.24, 2.45) is 7.05 Å². The van der Waals surface area contributed by atoms with Crippen LogP contribution in [0.1, 0.15) is 12.5 Å². The first-order valence-electron chi connectivity index (χ1n) is 6.71. The third-order valence-corrected chi connectivity index (χ3v) is 3.05. The van der Waals surface area contributed by atoms with Crippen LogP contribution in [0.15, 0.2) is 31.0 Å². The van der Waals surface area contributed by atoms with Gasteiger partial charge in [-0.05, 0) is 12.5 Å². The fourth-order valence-electron chi connectivity index (χ4n) is 2.01. The van der Waals surface area contributed by atoms with Gasteiger partial charge < -0.3 is 14.6 Å². The van der Waals surface area contributed by atoms with Crippen LogP contribution in [0.2, 0.25) is 0 Å². The zero-order valence-electron chi connectivity index (χ0n) is 11.9. The maximum absolute atomic E-state index is 5.32. The lowest BCUT2D eigenvalue weighted by Crippen LogP contribution is -2.04. The second kappa shape index (κ2) is 5.74. The van der Waals surface area contributed by atoms with Crippen LogP contribution in [0.4, 0.5) is 5.82 Å². The Kier molecular flexibility index (Phi) is 3.63. The highest BCUT2D eigenvalue weighted by Gasteiger charge is 2.07. The van der Waals surface area contributed by atoms with Crippen molar-refractivity contribution in [1.82, 2.24) is 24.5 Å². The van der Waals surface area contributed by atoms with Crippen LogP contribution in [-0.4, -0.2) is 31.1 Å². The third-order valence-electron chi connectivity index (χ3n) is 3.05. The van der Waals surface area contributed by atoms with Crippen molar-refractivity contribution in [3.05, 3.63) is 36.5 Å². The molecule has 0 aliphatic carbocycles. The maximum atomic E-state index is 5.32. The summed E-state index contributed by atoms with van der Waals surface area (Å²) in [5.74, 6) is 1.35. The van der Waals surface area contributed by atoms with E-state index < -0.39 is 0 Å². The van der Waals surface area contributed by atoms with Crippen molar-refractivity contribution in [3.8, 4) is 5.88 Å². The molecule has 0 amide bonds. The van der Waals surface area contributed by atoms with Crippen LogP contribution < -0.4 is 10.1 Å². The number of nitrogens with zero attached hydrogens (tertiary/aromatic N) is 5. The summed E-state index contributed by atoms with van der Waals surface area (Å²) in [6.45, 7) is 3.16. The largest absolute Gasteiger partial charge is 0.478 e. The van der Waals surface area contributed by atoms with Crippen LogP contribution in [0.5, 0.6) is 5.88 Å². The number of hydrogen-bond donors (Lipinski definition) is 1. The summed E-state index contributed by atoms with van der Waals surface area (Å²) >= 11 is 0. The summed E-state index contributed by atoms with van der Waals surface area (Å²) in [6, 6.07) is 3.83. The molecule has 0 fully saturated rings. The van der Waals surface area contributed by atoms with E-state index in [1.807, 2.05) is 30.7 Å². The molecule has 0 aliphatic heterocycles. The molecule has 7 nitrogen and oxygen atoms in total. The highest BCUT2D eigenvalue weighted by atomic mass is 16.5. The maximum Gasteiger partial charge on any atom is 0.213 e. The van der Waals surface area contributed by atoms with Gasteiger partial charge in [0.1, 0.15) is 11.8 Å². The molecule has 0 aliphatic rings. The number of pyridine rings is 1. The zero-order valence-corrected chi connectivity index (χ0v) is 11.9. The summed E-state index contributed by atoms with van der Waals surface area (Å²) in [5, 5.41) is 3.26. The average Bonchev–Trinajstić information content (AvgIpc) is 2.89. The van der Waals surface area contributed by atoms with Crippen molar-refractivity contribution in [2.75, 3.05) is 11.9 Å². The van der Waals surface area contributed by atoms with Crippen LogP contribution in [-0.2, 0) is 13.6 Å². The molecule has 0 saturated heterocycles. The van der Waals surface area contributed by atoms with Crippen molar-refractivity contribution >= 4 is 17.0 Å². The quantitative estimate of drug-likeness (QED) is 0.769. The number of rotatable bonds is 5. The van der Waals surface area contributed by atoms with Crippen molar-refractivity contribution in [3.63, 3.8) is 0 Å². The van der Waals surface area contributed by atoms with Gasteiger partial charge in [0.25, 0.3) is 0 Å². The van der Waals surface area contributed by atoms with E-state index in [2.05, 4.69) is 25.3 Å². The van der Waals surface area contributed by atoms with Gasteiger partial charge in [0.2, 0.25) is 5.88 Å². The minimum absolute atomic E-state index is 0.613. The normalized spacial score (nSPS) is 10.8. The number of aryl methyl sites for hydroxylation is 1. The van der Waals surface area contributed by atoms with E-state index in [-0.39, 0.29) is 0 Å². The Morgan fingerprint density at radius 1 is 1.19 bits per heavy atom. The summed E-state index contributed by atoms with van der Waals surface area (Å²) in [5.41, 5.74) is 2.61. The standard InChI is InChI=1S/C14H16N6O/c1-3-21-11-5-4-10(6-15-11)7-16-13-12-14(18-8-17-13)20(2)9-19-12/h4-6,8-9H,3,7H2,1-2H3,(H,16,17,18). The number of aromatic nitrogens is 5. The number of imidazole rings is 1. The molecule has 0 unspecified atom stereocenters. The van der Waals surface area contributed by atoms with Gasteiger partial charge >= 0.3 is 0 Å². The first kappa shape index (κ1) is 13.3. The molecule has 3 aromatic heterocycles. The van der Waals surface area contributed by atoms with Gasteiger partial charge in [-0.3, -0.25) is 0 Å². The number of ether oxygens (including phenoxy) is 1. The Bertz CT molecular complexity index is 737. The van der Waals surface area contributed by atoms with Gasteiger partial charge in [-0.2, -0.15) is 0 Å². The van der Waals surface area contributed by atoms with E-state index in [4.69, 9.17) is 4.74 Å². The Morgan fingerprint density at radius 2 is 2.10 bits per heavy atom. The molecule has 0 aromatic carbocycles. The van der Waals surface area contributed by atoms with Crippen LogP contribution >= 0.6 is 0 Å². The van der Waals surface area contributed by atoms with Crippen LogP contribution in [0, 0.1) is 0 Å². The van der Waals surface area contributed by atoms with E-state index in [1.54, 1.807) is 12.5 Å². The van der Waals surface area contributed by atoms with Crippen molar-refractivity contribution in [2.45, 2.75) is 13.5 Å². The SMILES string of the molecule is CCOc1ccc(CNc2ncnc3c2ncn3C)cn1. The minimum atomic E-state index is 0.613. The third kappa shape index (κ3) is 2.76. The predicted octanol–water partition coefficient (Wildman–Crippen LogP) is 1.77. The Hall–Kier alpha value is -2.70. The molecule has 1 N–H and O–H groups in total. The van der Waals surface area contributed by atoms with Crippen LogP contribution in [0.3, 0.4) is 0 Å². The molecule has 0 bridgehead atoms. The number of anilines is 1. The lowest BCUT2D eigenvalue weighted by Gasteiger charge is -2.07. The molecule has 7 heteroatoms. The Labute approximate surface area is 122 Å².